The molecule has 2 aromatic rings. The van der Waals surface area contributed by atoms with Crippen molar-refractivity contribution in [1.82, 2.24) is 5.32 Å². The van der Waals surface area contributed by atoms with Crippen LogP contribution in [-0.2, 0) is 9.53 Å². The number of ether oxygens (including phenoxy) is 1. The molecule has 2 N–H and O–H groups in total. The summed E-state index contributed by atoms with van der Waals surface area (Å²) in [6.07, 6.45) is 0. The van der Waals surface area contributed by atoms with Crippen molar-refractivity contribution < 1.29 is 18.3 Å². The number of morpholine rings is 1. The molecule has 1 heterocycles. The molecule has 0 radical (unpaired) electrons. The van der Waals surface area contributed by atoms with Crippen LogP contribution in [0, 0.1) is 11.6 Å². The highest BCUT2D eigenvalue weighted by molar-refractivity contribution is 5.92. The second kappa shape index (κ2) is 8.92. The Morgan fingerprint density at radius 3 is 2.48 bits per heavy atom. The average molecular weight is 375 g/mol. The van der Waals surface area contributed by atoms with E-state index in [-0.39, 0.29) is 18.5 Å². The molecule has 5 nitrogen and oxygen atoms in total. The number of halogens is 2. The highest BCUT2D eigenvalue weighted by Crippen LogP contribution is 2.19. The maximum Gasteiger partial charge on any atom is 0.238 e. The molecule has 0 saturated carbocycles. The van der Waals surface area contributed by atoms with Gasteiger partial charge in [-0.2, -0.15) is 0 Å². The summed E-state index contributed by atoms with van der Waals surface area (Å²) in [5.74, 6) is -1.99. The van der Waals surface area contributed by atoms with Gasteiger partial charge in [0.05, 0.1) is 19.8 Å². The summed E-state index contributed by atoms with van der Waals surface area (Å²) in [5, 5.41) is 5.83. The predicted octanol–water partition coefficient (Wildman–Crippen LogP) is 3.09. The lowest BCUT2D eigenvalue weighted by Crippen LogP contribution is -2.36. The number of hydrogen-bond donors (Lipinski definition) is 2. The number of carbonyl (C=O) groups is 1. The first-order valence-corrected chi connectivity index (χ1v) is 8.94. The van der Waals surface area contributed by atoms with Crippen LogP contribution in [0.3, 0.4) is 0 Å². The van der Waals surface area contributed by atoms with Crippen molar-refractivity contribution in [2.75, 3.05) is 43.1 Å². The fourth-order valence-corrected chi connectivity index (χ4v) is 2.93. The number of hydrogen-bond acceptors (Lipinski definition) is 4. The minimum Gasteiger partial charge on any atom is -0.378 e. The number of anilines is 2. The maximum atomic E-state index is 13.3. The topological polar surface area (TPSA) is 53.6 Å². The molecule has 0 unspecified atom stereocenters. The monoisotopic (exact) mass is 375 g/mol. The van der Waals surface area contributed by atoms with Gasteiger partial charge in [-0.25, -0.2) is 8.78 Å². The van der Waals surface area contributed by atoms with Crippen molar-refractivity contribution in [3.63, 3.8) is 0 Å². The highest BCUT2D eigenvalue weighted by Gasteiger charge is 2.12. The van der Waals surface area contributed by atoms with Gasteiger partial charge in [0, 0.05) is 30.5 Å². The average Bonchev–Trinajstić information content (AvgIpc) is 2.69. The van der Waals surface area contributed by atoms with Crippen molar-refractivity contribution in [2.45, 2.75) is 13.0 Å². The Morgan fingerprint density at radius 1 is 1.11 bits per heavy atom. The number of nitrogens with zero attached hydrogens (tertiary/aromatic N) is 1. The van der Waals surface area contributed by atoms with Crippen molar-refractivity contribution in [3.05, 3.63) is 59.7 Å². The molecule has 0 spiro atoms. The van der Waals surface area contributed by atoms with Gasteiger partial charge in [-0.1, -0.05) is 6.07 Å². The van der Waals surface area contributed by atoms with Gasteiger partial charge in [-0.15, -0.1) is 0 Å². The van der Waals surface area contributed by atoms with Crippen LogP contribution in [0.2, 0.25) is 0 Å². The van der Waals surface area contributed by atoms with E-state index < -0.39 is 11.6 Å². The van der Waals surface area contributed by atoms with Gasteiger partial charge in [0.15, 0.2) is 11.6 Å². The van der Waals surface area contributed by atoms with Gasteiger partial charge in [0.2, 0.25) is 5.91 Å². The van der Waals surface area contributed by atoms with Gasteiger partial charge in [-0.3, -0.25) is 4.79 Å². The van der Waals surface area contributed by atoms with E-state index >= 15 is 0 Å². The quantitative estimate of drug-likeness (QED) is 0.815. The Kier molecular flexibility index (Phi) is 6.36. The molecule has 1 amide bonds. The van der Waals surface area contributed by atoms with E-state index in [4.69, 9.17) is 4.74 Å². The van der Waals surface area contributed by atoms with Crippen molar-refractivity contribution in [1.29, 1.82) is 0 Å². The molecule has 144 valence electrons. The van der Waals surface area contributed by atoms with Gasteiger partial charge < -0.3 is 20.3 Å². The van der Waals surface area contributed by atoms with Crippen LogP contribution in [-0.4, -0.2) is 38.8 Å². The molecule has 1 saturated heterocycles. The Labute approximate surface area is 157 Å². The summed E-state index contributed by atoms with van der Waals surface area (Å²) < 4.78 is 31.6. The van der Waals surface area contributed by atoms with Gasteiger partial charge in [0.1, 0.15) is 0 Å². The zero-order valence-corrected chi connectivity index (χ0v) is 15.2. The highest BCUT2D eigenvalue weighted by atomic mass is 19.2. The second-order valence-electron chi connectivity index (χ2n) is 6.47. The van der Waals surface area contributed by atoms with E-state index in [0.29, 0.717) is 11.3 Å². The van der Waals surface area contributed by atoms with E-state index in [0.717, 1.165) is 44.1 Å². The number of benzene rings is 2. The van der Waals surface area contributed by atoms with Crippen LogP contribution < -0.4 is 15.5 Å². The van der Waals surface area contributed by atoms with Crippen LogP contribution in [0.5, 0.6) is 0 Å². The zero-order chi connectivity index (χ0) is 19.2. The molecule has 1 aliphatic heterocycles. The van der Waals surface area contributed by atoms with Crippen LogP contribution in [0.15, 0.2) is 42.5 Å². The normalized spacial score (nSPS) is 15.4. The van der Waals surface area contributed by atoms with Crippen LogP contribution in [0.4, 0.5) is 20.2 Å². The molecular formula is C20H23F2N3O2. The summed E-state index contributed by atoms with van der Waals surface area (Å²) in [4.78, 5) is 14.4. The number of carbonyl (C=O) groups excluding carboxylic acids is 1. The molecule has 3 rings (SSSR count). The molecule has 27 heavy (non-hydrogen) atoms. The molecule has 1 fully saturated rings. The summed E-state index contributed by atoms with van der Waals surface area (Å²) in [5.41, 5.74) is 2.39. The second-order valence-corrected chi connectivity index (χ2v) is 6.47. The predicted molar refractivity (Wildman–Crippen MR) is 101 cm³/mol. The zero-order valence-electron chi connectivity index (χ0n) is 15.2. The van der Waals surface area contributed by atoms with Crippen molar-refractivity contribution >= 4 is 17.3 Å². The SMILES string of the molecule is C[C@@H](NCC(=O)Nc1ccc(N2CCOCC2)cc1)c1ccc(F)c(F)c1. The molecule has 2 aromatic carbocycles. The maximum absolute atomic E-state index is 13.3. The van der Waals surface area contributed by atoms with Crippen molar-refractivity contribution in [3.8, 4) is 0 Å². The fourth-order valence-electron chi connectivity index (χ4n) is 2.93. The van der Waals surface area contributed by atoms with E-state index in [1.54, 1.807) is 6.92 Å². The van der Waals surface area contributed by atoms with Crippen LogP contribution in [0.1, 0.15) is 18.5 Å². The number of nitrogens with one attached hydrogen (secondary N) is 2. The van der Waals surface area contributed by atoms with Gasteiger partial charge in [-0.05, 0) is 48.9 Å². The third-order valence-electron chi connectivity index (χ3n) is 4.54. The van der Waals surface area contributed by atoms with Crippen molar-refractivity contribution in [2.24, 2.45) is 0 Å². The Bertz CT molecular complexity index is 777. The number of rotatable bonds is 6. The third kappa shape index (κ3) is 5.24. The van der Waals surface area contributed by atoms with E-state index in [2.05, 4.69) is 15.5 Å². The summed E-state index contributed by atoms with van der Waals surface area (Å²) in [6.45, 7) is 5.01. The van der Waals surface area contributed by atoms with Crippen LogP contribution in [0.25, 0.3) is 0 Å². The smallest absolute Gasteiger partial charge is 0.238 e. The van der Waals surface area contributed by atoms with Crippen LogP contribution >= 0.6 is 0 Å². The molecular weight excluding hydrogens is 352 g/mol. The Balaban J connectivity index is 1.49. The Morgan fingerprint density at radius 2 is 1.81 bits per heavy atom. The molecule has 0 aliphatic carbocycles. The standard InChI is InChI=1S/C20H23F2N3O2/c1-14(15-2-7-18(21)19(22)12-15)23-13-20(26)24-16-3-5-17(6-4-16)25-8-10-27-11-9-25/h2-7,12,14,23H,8-11,13H2,1H3,(H,24,26)/t14-/m1/s1. The Hall–Kier alpha value is -2.51. The lowest BCUT2D eigenvalue weighted by molar-refractivity contribution is -0.115. The fraction of sp³-hybridized carbons (Fsp3) is 0.350. The third-order valence-corrected chi connectivity index (χ3v) is 4.54. The van der Waals surface area contributed by atoms with E-state index in [9.17, 15) is 13.6 Å². The molecule has 1 aliphatic rings. The first-order chi connectivity index (χ1) is 13.0. The molecule has 7 heteroatoms. The summed E-state index contributed by atoms with van der Waals surface area (Å²) in [6, 6.07) is 11.1. The molecule has 0 bridgehead atoms. The molecule has 1 atom stereocenters. The lowest BCUT2D eigenvalue weighted by Gasteiger charge is -2.28. The van der Waals surface area contributed by atoms with E-state index in [1.807, 2.05) is 24.3 Å². The molecule has 0 aromatic heterocycles. The number of amides is 1. The summed E-state index contributed by atoms with van der Waals surface area (Å²) in [7, 11) is 0. The minimum atomic E-state index is -0.897. The summed E-state index contributed by atoms with van der Waals surface area (Å²) >= 11 is 0. The first kappa shape index (κ1) is 19.3. The van der Waals surface area contributed by atoms with Gasteiger partial charge >= 0.3 is 0 Å². The largest absolute Gasteiger partial charge is 0.378 e. The first-order valence-electron chi connectivity index (χ1n) is 8.94. The van der Waals surface area contributed by atoms with Gasteiger partial charge in [0.25, 0.3) is 0 Å². The lowest BCUT2D eigenvalue weighted by atomic mass is 10.1. The minimum absolute atomic E-state index is 0.0609. The van der Waals surface area contributed by atoms with E-state index in [1.165, 1.54) is 6.07 Å².